The smallest absolute Gasteiger partial charge is 0.339 e. The first-order valence-corrected chi connectivity index (χ1v) is 12.6. The van der Waals surface area contributed by atoms with E-state index < -0.39 is 11.6 Å². The van der Waals surface area contributed by atoms with Crippen LogP contribution in [0.2, 0.25) is 0 Å². The van der Waals surface area contributed by atoms with E-state index in [1.807, 2.05) is 80.6 Å². The van der Waals surface area contributed by atoms with Gasteiger partial charge >= 0.3 is 5.97 Å². The number of cyclic esters (lactones) is 1. The van der Waals surface area contributed by atoms with Gasteiger partial charge in [-0.3, -0.25) is 4.79 Å². The Morgan fingerprint density at radius 3 is 2.46 bits per heavy atom. The number of nitrogens with one attached hydrogen (secondary N) is 3. The summed E-state index contributed by atoms with van der Waals surface area (Å²) < 4.78 is 5.46. The number of aliphatic hydroxyl groups excluding tert-OH is 1. The molecule has 1 aliphatic rings. The monoisotopic (exact) mass is 523 g/mol. The van der Waals surface area contributed by atoms with Gasteiger partial charge in [-0.15, -0.1) is 0 Å². The molecule has 0 bridgehead atoms. The first-order valence-electron chi connectivity index (χ1n) is 12.6. The SMILES string of the molecule is CC1(C)OC(=O)c2ccc(Nc3ncc(C(=O)NCc4ccccc4)c(N[C@H](CO)c4ccccc4)n3)cc21. The Kier molecular flexibility index (Phi) is 7.25. The van der Waals surface area contributed by atoms with E-state index in [1.54, 1.807) is 12.1 Å². The maximum atomic E-state index is 13.2. The highest BCUT2D eigenvalue weighted by atomic mass is 16.6. The van der Waals surface area contributed by atoms with Crippen molar-refractivity contribution in [1.82, 2.24) is 15.3 Å². The van der Waals surface area contributed by atoms with E-state index in [0.717, 1.165) is 16.7 Å². The highest BCUT2D eigenvalue weighted by molar-refractivity contribution is 5.99. The summed E-state index contributed by atoms with van der Waals surface area (Å²) in [7, 11) is 0. The minimum absolute atomic E-state index is 0.213. The molecule has 39 heavy (non-hydrogen) atoms. The van der Waals surface area contributed by atoms with Crippen molar-refractivity contribution in [1.29, 1.82) is 0 Å². The molecule has 9 heteroatoms. The van der Waals surface area contributed by atoms with Gasteiger partial charge in [-0.1, -0.05) is 60.7 Å². The molecular weight excluding hydrogens is 494 g/mol. The van der Waals surface area contributed by atoms with E-state index in [2.05, 4.69) is 25.9 Å². The van der Waals surface area contributed by atoms with Gasteiger partial charge in [-0.2, -0.15) is 4.98 Å². The van der Waals surface area contributed by atoms with Gasteiger partial charge in [0.05, 0.1) is 18.2 Å². The van der Waals surface area contributed by atoms with Gasteiger partial charge in [0.15, 0.2) is 0 Å². The number of benzene rings is 3. The molecule has 0 aliphatic carbocycles. The van der Waals surface area contributed by atoms with Crippen molar-refractivity contribution in [2.45, 2.75) is 32.0 Å². The van der Waals surface area contributed by atoms with E-state index in [9.17, 15) is 14.7 Å². The van der Waals surface area contributed by atoms with Crippen LogP contribution in [0.25, 0.3) is 0 Å². The van der Waals surface area contributed by atoms with Crippen molar-refractivity contribution in [3.63, 3.8) is 0 Å². The molecule has 0 saturated heterocycles. The molecule has 0 fully saturated rings. The summed E-state index contributed by atoms with van der Waals surface area (Å²) in [6.45, 7) is 3.80. The average Bonchev–Trinajstić information content (AvgIpc) is 3.18. The number of nitrogens with zero attached hydrogens (tertiary/aromatic N) is 2. The summed E-state index contributed by atoms with van der Waals surface area (Å²) in [6.07, 6.45) is 1.45. The molecular formula is C30H29N5O4. The highest BCUT2D eigenvalue weighted by Crippen LogP contribution is 2.37. The molecule has 1 amide bonds. The van der Waals surface area contributed by atoms with E-state index in [0.29, 0.717) is 17.8 Å². The molecule has 1 atom stereocenters. The highest BCUT2D eigenvalue weighted by Gasteiger charge is 2.37. The van der Waals surface area contributed by atoms with Gasteiger partial charge in [0.2, 0.25) is 5.95 Å². The third kappa shape index (κ3) is 5.73. The van der Waals surface area contributed by atoms with Crippen LogP contribution in [0.4, 0.5) is 17.5 Å². The zero-order chi connectivity index (χ0) is 27.4. The quantitative estimate of drug-likeness (QED) is 0.233. The summed E-state index contributed by atoms with van der Waals surface area (Å²) in [4.78, 5) is 34.3. The molecule has 1 aromatic heterocycles. The lowest BCUT2D eigenvalue weighted by atomic mass is 9.95. The van der Waals surface area contributed by atoms with Crippen molar-refractivity contribution < 1.29 is 19.4 Å². The zero-order valence-corrected chi connectivity index (χ0v) is 21.6. The third-order valence-electron chi connectivity index (χ3n) is 6.52. The van der Waals surface area contributed by atoms with E-state index in [1.165, 1.54) is 6.20 Å². The number of aliphatic hydroxyl groups is 1. The third-order valence-corrected chi connectivity index (χ3v) is 6.52. The van der Waals surface area contributed by atoms with Gasteiger partial charge in [0.1, 0.15) is 17.0 Å². The summed E-state index contributed by atoms with van der Waals surface area (Å²) in [5, 5.41) is 19.4. The fourth-order valence-electron chi connectivity index (χ4n) is 4.45. The molecule has 5 rings (SSSR count). The first-order chi connectivity index (χ1) is 18.8. The molecule has 3 aromatic carbocycles. The second kappa shape index (κ2) is 10.9. The number of hydrogen-bond donors (Lipinski definition) is 4. The lowest BCUT2D eigenvalue weighted by molar-refractivity contribution is 0.00953. The maximum absolute atomic E-state index is 13.2. The van der Waals surface area contributed by atoms with Crippen LogP contribution in [0.3, 0.4) is 0 Å². The Morgan fingerprint density at radius 1 is 1.03 bits per heavy atom. The van der Waals surface area contributed by atoms with Crippen LogP contribution in [0.1, 0.15) is 57.3 Å². The van der Waals surface area contributed by atoms with Crippen molar-refractivity contribution in [2.75, 3.05) is 17.2 Å². The minimum Gasteiger partial charge on any atom is -0.451 e. The van der Waals surface area contributed by atoms with Gasteiger partial charge < -0.3 is 25.8 Å². The molecule has 198 valence electrons. The lowest BCUT2D eigenvalue weighted by Crippen LogP contribution is -2.26. The molecule has 2 heterocycles. The van der Waals surface area contributed by atoms with Gasteiger partial charge in [-0.25, -0.2) is 9.78 Å². The molecule has 0 spiro atoms. The lowest BCUT2D eigenvalue weighted by Gasteiger charge is -2.20. The summed E-state index contributed by atoms with van der Waals surface area (Å²) >= 11 is 0. The van der Waals surface area contributed by atoms with Crippen LogP contribution in [-0.2, 0) is 16.9 Å². The van der Waals surface area contributed by atoms with Crippen LogP contribution in [0.15, 0.2) is 85.1 Å². The number of ether oxygens (including phenoxy) is 1. The molecule has 0 unspecified atom stereocenters. The maximum Gasteiger partial charge on any atom is 0.339 e. The summed E-state index contributed by atoms with van der Waals surface area (Å²) in [5.74, 6) is -0.204. The normalized spacial score (nSPS) is 14.2. The Hall–Kier alpha value is -4.76. The Morgan fingerprint density at radius 2 is 1.74 bits per heavy atom. The average molecular weight is 524 g/mol. The fraction of sp³-hybridized carbons (Fsp3) is 0.200. The van der Waals surface area contributed by atoms with Gasteiger partial charge in [0.25, 0.3) is 5.91 Å². The second-order valence-corrected chi connectivity index (χ2v) is 9.70. The van der Waals surface area contributed by atoms with Crippen molar-refractivity contribution >= 4 is 29.3 Å². The molecule has 4 aromatic rings. The topological polar surface area (TPSA) is 125 Å². The molecule has 4 N–H and O–H groups in total. The van der Waals surface area contributed by atoms with E-state index in [4.69, 9.17) is 4.74 Å². The predicted molar refractivity (Wildman–Crippen MR) is 148 cm³/mol. The van der Waals surface area contributed by atoms with Crippen molar-refractivity contribution in [3.05, 3.63) is 113 Å². The number of carbonyl (C=O) groups excluding carboxylic acids is 2. The molecule has 0 saturated carbocycles. The first kappa shape index (κ1) is 25.9. The predicted octanol–water partition coefficient (Wildman–Crippen LogP) is 4.70. The van der Waals surface area contributed by atoms with Crippen molar-refractivity contribution in [3.8, 4) is 0 Å². The van der Waals surface area contributed by atoms with E-state index >= 15 is 0 Å². The fourth-order valence-corrected chi connectivity index (χ4v) is 4.45. The number of rotatable bonds is 9. The standard InChI is InChI=1S/C30H29N5O4/c1-30(2)24-15-21(13-14-22(24)28(38)39-30)33-29-32-17-23(27(37)31-16-19-9-5-3-6-10-19)26(35-29)34-25(18-36)20-11-7-4-8-12-20/h3-15,17,25,36H,16,18H2,1-2H3,(H,31,37)(H2,32,33,34,35)/t25-/m1/s1. The van der Waals surface area contributed by atoms with E-state index in [-0.39, 0.29) is 35.8 Å². The largest absolute Gasteiger partial charge is 0.451 e. The van der Waals surface area contributed by atoms with Crippen LogP contribution in [0, 0.1) is 0 Å². The van der Waals surface area contributed by atoms with Gasteiger partial charge in [-0.05, 0) is 43.2 Å². The minimum atomic E-state index is -0.748. The number of hydrogen-bond acceptors (Lipinski definition) is 8. The number of fused-ring (bicyclic) bond motifs is 1. The number of esters is 1. The Bertz CT molecular complexity index is 1490. The van der Waals surface area contributed by atoms with Crippen LogP contribution >= 0.6 is 0 Å². The van der Waals surface area contributed by atoms with Crippen molar-refractivity contribution in [2.24, 2.45) is 0 Å². The second-order valence-electron chi connectivity index (χ2n) is 9.70. The van der Waals surface area contributed by atoms with Crippen LogP contribution in [0.5, 0.6) is 0 Å². The number of anilines is 3. The number of aromatic nitrogens is 2. The zero-order valence-electron chi connectivity index (χ0n) is 21.6. The number of carbonyl (C=O) groups is 2. The Labute approximate surface area is 226 Å². The summed E-state index contributed by atoms with van der Waals surface area (Å²) in [6, 6.07) is 23.8. The van der Waals surface area contributed by atoms with Gasteiger partial charge in [0, 0.05) is 24.0 Å². The summed E-state index contributed by atoms with van der Waals surface area (Å²) in [5.41, 5.74) is 3.23. The molecule has 1 aliphatic heterocycles. The van der Waals surface area contributed by atoms with Crippen LogP contribution < -0.4 is 16.0 Å². The Balaban J connectivity index is 1.44. The molecule has 0 radical (unpaired) electrons. The number of amides is 1. The van der Waals surface area contributed by atoms with Crippen LogP contribution in [-0.4, -0.2) is 33.6 Å². The molecule has 9 nitrogen and oxygen atoms in total.